The fourth-order valence-electron chi connectivity index (χ4n) is 2.27. The Bertz CT molecular complexity index is 880. The molecule has 0 saturated heterocycles. The fourth-order valence-corrected chi connectivity index (χ4v) is 3.12. The number of amides is 1. The number of carbonyl (C=O) groups is 1. The molecular weight excluding hydrogens is 326 g/mol. The molecule has 24 heavy (non-hydrogen) atoms. The molecule has 1 atom stereocenters. The van der Waals surface area contributed by atoms with Gasteiger partial charge in [0.2, 0.25) is 5.91 Å². The predicted molar refractivity (Wildman–Crippen MR) is 91.9 cm³/mol. The third-order valence-corrected chi connectivity index (χ3v) is 4.83. The van der Waals surface area contributed by atoms with Gasteiger partial charge in [0.25, 0.3) is 0 Å². The van der Waals surface area contributed by atoms with E-state index in [4.69, 9.17) is 10.5 Å². The molecule has 3 aromatic rings. The second-order valence-electron chi connectivity index (χ2n) is 5.11. The largest absolute Gasteiger partial charge is 0.497 e. The van der Waals surface area contributed by atoms with Gasteiger partial charge in [-0.2, -0.15) is 9.61 Å². The summed E-state index contributed by atoms with van der Waals surface area (Å²) < 4.78 is 6.91. The number of primary amides is 1. The van der Waals surface area contributed by atoms with Crippen molar-refractivity contribution < 1.29 is 9.53 Å². The zero-order valence-corrected chi connectivity index (χ0v) is 14.2. The first-order chi connectivity index (χ1) is 11.6. The Morgan fingerprint density at radius 3 is 2.88 bits per heavy atom. The van der Waals surface area contributed by atoms with Gasteiger partial charge in [-0.3, -0.25) is 4.79 Å². The van der Waals surface area contributed by atoms with Crippen LogP contribution in [0, 0.1) is 0 Å². The summed E-state index contributed by atoms with van der Waals surface area (Å²) in [5.41, 5.74) is 6.88. The van der Waals surface area contributed by atoms with Gasteiger partial charge in [0.1, 0.15) is 10.8 Å². The number of ether oxygens (including phenoxy) is 1. The average Bonchev–Trinajstić information content (AvgIpc) is 3.02. The van der Waals surface area contributed by atoms with Gasteiger partial charge >= 0.3 is 0 Å². The fraction of sp³-hybridized carbons (Fsp3) is 0.250. The van der Waals surface area contributed by atoms with E-state index < -0.39 is 0 Å². The number of aromatic nitrogens is 4. The van der Waals surface area contributed by atoms with Crippen molar-refractivity contribution in [3.63, 3.8) is 0 Å². The lowest BCUT2D eigenvalue weighted by Crippen LogP contribution is -2.25. The quantitative estimate of drug-likeness (QED) is 0.689. The van der Waals surface area contributed by atoms with Gasteiger partial charge in [-0.15, -0.1) is 10.2 Å². The maximum Gasteiger partial charge on any atom is 0.230 e. The van der Waals surface area contributed by atoms with Crippen LogP contribution >= 0.6 is 11.8 Å². The zero-order chi connectivity index (χ0) is 17.1. The second-order valence-corrected chi connectivity index (χ2v) is 6.34. The predicted octanol–water partition coefficient (Wildman–Crippen LogP) is 2.16. The molecule has 2 heterocycles. The number of rotatable bonds is 6. The molecule has 0 unspecified atom stereocenters. The summed E-state index contributed by atoms with van der Waals surface area (Å²) in [4.78, 5) is 11.4. The Morgan fingerprint density at radius 1 is 1.33 bits per heavy atom. The molecule has 2 aromatic heterocycles. The first kappa shape index (κ1) is 16.3. The highest BCUT2D eigenvalue weighted by atomic mass is 32.2. The van der Waals surface area contributed by atoms with Crippen molar-refractivity contribution in [3.8, 4) is 17.1 Å². The van der Waals surface area contributed by atoms with E-state index in [0.717, 1.165) is 11.3 Å². The first-order valence-electron chi connectivity index (χ1n) is 7.45. The van der Waals surface area contributed by atoms with Crippen LogP contribution in [-0.4, -0.2) is 38.1 Å². The van der Waals surface area contributed by atoms with Crippen LogP contribution in [0.1, 0.15) is 13.3 Å². The van der Waals surface area contributed by atoms with E-state index in [1.165, 1.54) is 11.8 Å². The highest BCUT2D eigenvalue weighted by molar-refractivity contribution is 8.00. The molecule has 0 spiro atoms. The molecule has 0 saturated carbocycles. The number of nitrogens with two attached hydrogens (primary N) is 1. The Balaban J connectivity index is 2.01. The Kier molecular flexibility index (Phi) is 4.66. The molecule has 0 aliphatic heterocycles. The highest BCUT2D eigenvalue weighted by Gasteiger charge is 2.17. The number of benzene rings is 1. The summed E-state index contributed by atoms with van der Waals surface area (Å²) in [5, 5.41) is 13.3. The topological polar surface area (TPSA) is 95.4 Å². The summed E-state index contributed by atoms with van der Waals surface area (Å²) in [6.07, 6.45) is 0.643. The van der Waals surface area contributed by atoms with E-state index in [1.54, 1.807) is 11.6 Å². The molecule has 0 fully saturated rings. The molecule has 1 aromatic carbocycles. The second kappa shape index (κ2) is 6.88. The van der Waals surface area contributed by atoms with Crippen LogP contribution in [0.4, 0.5) is 0 Å². The Labute approximate surface area is 143 Å². The lowest BCUT2D eigenvalue weighted by Gasteiger charge is -2.09. The van der Waals surface area contributed by atoms with Gasteiger partial charge in [0, 0.05) is 5.56 Å². The molecule has 1 amide bonds. The molecule has 2 N–H and O–H groups in total. The molecule has 124 valence electrons. The van der Waals surface area contributed by atoms with Crippen LogP contribution < -0.4 is 10.5 Å². The van der Waals surface area contributed by atoms with Crippen molar-refractivity contribution in [2.24, 2.45) is 5.73 Å². The maximum atomic E-state index is 11.4. The van der Waals surface area contributed by atoms with E-state index in [0.29, 0.717) is 22.9 Å². The van der Waals surface area contributed by atoms with E-state index in [-0.39, 0.29) is 11.2 Å². The summed E-state index contributed by atoms with van der Waals surface area (Å²) >= 11 is 1.34. The Hall–Kier alpha value is -2.61. The lowest BCUT2D eigenvalue weighted by atomic mass is 10.2. The minimum absolute atomic E-state index is 0.313. The minimum atomic E-state index is -0.346. The number of carbonyl (C=O) groups excluding carboxylic acids is 1. The van der Waals surface area contributed by atoms with Crippen molar-refractivity contribution in [1.82, 2.24) is 19.8 Å². The molecule has 7 nitrogen and oxygen atoms in total. The number of thioether (sulfide) groups is 1. The molecule has 0 aliphatic rings. The molecular formula is C16H17N5O2S. The Morgan fingerprint density at radius 2 is 2.17 bits per heavy atom. The minimum Gasteiger partial charge on any atom is -0.497 e. The number of methoxy groups -OCH3 is 1. The van der Waals surface area contributed by atoms with Gasteiger partial charge in [-0.25, -0.2) is 0 Å². The van der Waals surface area contributed by atoms with Gasteiger partial charge in [0.05, 0.1) is 12.4 Å². The van der Waals surface area contributed by atoms with Crippen LogP contribution in [-0.2, 0) is 4.79 Å². The normalized spacial score (nSPS) is 12.2. The maximum absolute atomic E-state index is 11.4. The van der Waals surface area contributed by atoms with Crippen molar-refractivity contribution in [2.75, 3.05) is 7.11 Å². The van der Waals surface area contributed by atoms with E-state index in [1.807, 2.05) is 43.3 Å². The molecule has 0 aliphatic carbocycles. The number of hydrogen-bond acceptors (Lipinski definition) is 6. The van der Waals surface area contributed by atoms with Crippen LogP contribution in [0.25, 0.3) is 17.0 Å². The summed E-state index contributed by atoms with van der Waals surface area (Å²) in [7, 11) is 1.61. The number of hydrogen-bond donors (Lipinski definition) is 1. The lowest BCUT2D eigenvalue weighted by molar-refractivity contribution is -0.117. The third-order valence-electron chi connectivity index (χ3n) is 3.52. The SMILES string of the molecule is CC[C@@H](Sc1ccc2nnc(-c3cccc(OC)c3)n2n1)C(N)=O. The standard InChI is InChI=1S/C16H17N5O2S/c1-3-12(15(17)22)24-14-8-7-13-18-19-16(21(13)20-14)10-5-4-6-11(9-10)23-2/h4-9,12H,3H2,1-2H3,(H2,17,22)/t12-/m1/s1. The van der Waals surface area contributed by atoms with Crippen molar-refractivity contribution in [1.29, 1.82) is 0 Å². The number of nitrogens with zero attached hydrogens (tertiary/aromatic N) is 4. The third kappa shape index (κ3) is 3.18. The number of fused-ring (bicyclic) bond motifs is 1. The van der Waals surface area contributed by atoms with E-state index >= 15 is 0 Å². The monoisotopic (exact) mass is 343 g/mol. The van der Waals surface area contributed by atoms with Gasteiger partial charge in [-0.1, -0.05) is 30.8 Å². The van der Waals surface area contributed by atoms with Crippen LogP contribution in [0.5, 0.6) is 5.75 Å². The van der Waals surface area contributed by atoms with Crippen molar-refractivity contribution >= 4 is 23.3 Å². The van der Waals surface area contributed by atoms with Gasteiger partial charge in [-0.05, 0) is 30.7 Å². The molecule has 0 radical (unpaired) electrons. The summed E-state index contributed by atoms with van der Waals surface area (Å²) in [6.45, 7) is 1.92. The smallest absolute Gasteiger partial charge is 0.230 e. The van der Waals surface area contributed by atoms with Crippen molar-refractivity contribution in [2.45, 2.75) is 23.6 Å². The van der Waals surface area contributed by atoms with Crippen LogP contribution in [0.3, 0.4) is 0 Å². The molecule has 3 rings (SSSR count). The first-order valence-corrected chi connectivity index (χ1v) is 8.33. The van der Waals surface area contributed by atoms with Gasteiger partial charge < -0.3 is 10.5 Å². The zero-order valence-electron chi connectivity index (χ0n) is 13.3. The highest BCUT2D eigenvalue weighted by Crippen LogP contribution is 2.26. The van der Waals surface area contributed by atoms with E-state index in [9.17, 15) is 4.79 Å². The molecule has 8 heteroatoms. The van der Waals surface area contributed by atoms with Gasteiger partial charge in [0.15, 0.2) is 11.5 Å². The summed E-state index contributed by atoms with van der Waals surface area (Å²) in [6, 6.07) is 11.2. The van der Waals surface area contributed by atoms with E-state index in [2.05, 4.69) is 15.3 Å². The molecule has 0 bridgehead atoms. The van der Waals surface area contributed by atoms with Crippen LogP contribution in [0.2, 0.25) is 0 Å². The average molecular weight is 343 g/mol. The van der Waals surface area contributed by atoms with Crippen molar-refractivity contribution in [3.05, 3.63) is 36.4 Å². The van der Waals surface area contributed by atoms with Crippen LogP contribution in [0.15, 0.2) is 41.4 Å². The summed E-state index contributed by atoms with van der Waals surface area (Å²) in [5.74, 6) is 0.995.